The summed E-state index contributed by atoms with van der Waals surface area (Å²) in [5, 5.41) is 12.5. The molecule has 0 spiro atoms. The lowest BCUT2D eigenvalue weighted by Gasteiger charge is -1.97. The molecule has 0 unspecified atom stereocenters. The van der Waals surface area contributed by atoms with Crippen LogP contribution in [-0.2, 0) is 0 Å². The number of hydrogen-bond donors (Lipinski definition) is 0. The van der Waals surface area contributed by atoms with Crippen LogP contribution in [0.25, 0.3) is 0 Å². The van der Waals surface area contributed by atoms with E-state index < -0.39 is 0 Å². The zero-order valence-corrected chi connectivity index (χ0v) is 9.02. The van der Waals surface area contributed by atoms with Crippen LogP contribution in [-0.4, -0.2) is 21.1 Å². The zero-order valence-electron chi connectivity index (χ0n) is 7.51. The highest BCUT2D eigenvalue weighted by atomic mass is 35.5. The molecule has 1 aromatic carbocycles. The molecular weight excluding hydrogens is 235 g/mol. The van der Waals surface area contributed by atoms with Gasteiger partial charge in [-0.3, -0.25) is 0 Å². The normalized spacial score (nSPS) is 11.1. The smallest absolute Gasteiger partial charge is 0.141 e. The van der Waals surface area contributed by atoms with Crippen molar-refractivity contribution in [2.75, 3.05) is 0 Å². The van der Waals surface area contributed by atoms with E-state index in [2.05, 4.69) is 15.3 Å². The van der Waals surface area contributed by atoms with E-state index in [9.17, 15) is 0 Å². The fraction of sp³-hybridized carbons (Fsp3) is 0. The predicted molar refractivity (Wildman–Crippen MR) is 59.5 cm³/mol. The highest BCUT2D eigenvalue weighted by Gasteiger charge is 1.97. The molecule has 0 radical (unpaired) electrons. The quantitative estimate of drug-likeness (QED) is 0.758. The predicted octanol–water partition coefficient (Wildman–Crippen LogP) is 2.47. The van der Waals surface area contributed by atoms with E-state index in [1.54, 1.807) is 24.4 Å². The maximum Gasteiger partial charge on any atom is 0.141 e. The highest BCUT2D eigenvalue weighted by molar-refractivity contribution is 6.35. The average molecular weight is 241 g/mol. The van der Waals surface area contributed by atoms with Gasteiger partial charge in [-0.15, -0.1) is 10.2 Å². The van der Waals surface area contributed by atoms with E-state index in [-0.39, 0.29) is 0 Å². The second kappa shape index (κ2) is 4.42. The highest BCUT2D eigenvalue weighted by Crippen LogP contribution is 2.18. The minimum Gasteiger partial charge on any atom is -0.208 e. The van der Waals surface area contributed by atoms with Crippen LogP contribution in [0.2, 0.25) is 10.0 Å². The average Bonchev–Trinajstić information content (AvgIpc) is 2.72. The second-order valence-corrected chi connectivity index (χ2v) is 3.60. The molecule has 0 amide bonds. The van der Waals surface area contributed by atoms with E-state index in [0.29, 0.717) is 10.0 Å². The zero-order chi connectivity index (χ0) is 10.7. The fourth-order valence-corrected chi connectivity index (χ4v) is 1.34. The van der Waals surface area contributed by atoms with Crippen molar-refractivity contribution in [3.63, 3.8) is 0 Å². The molecule has 6 heteroatoms. The Morgan fingerprint density at radius 2 is 1.93 bits per heavy atom. The van der Waals surface area contributed by atoms with Crippen molar-refractivity contribution >= 4 is 29.4 Å². The van der Waals surface area contributed by atoms with Gasteiger partial charge in [-0.25, -0.2) is 4.68 Å². The Balaban J connectivity index is 2.27. The lowest BCUT2D eigenvalue weighted by atomic mass is 10.2. The van der Waals surface area contributed by atoms with E-state index in [4.69, 9.17) is 23.2 Å². The van der Waals surface area contributed by atoms with Gasteiger partial charge < -0.3 is 0 Å². The number of nitrogens with zero attached hydrogens (tertiary/aromatic N) is 4. The van der Waals surface area contributed by atoms with Crippen molar-refractivity contribution in [3.05, 3.63) is 46.5 Å². The molecule has 76 valence electrons. The Kier molecular flexibility index (Phi) is 2.99. The van der Waals surface area contributed by atoms with Gasteiger partial charge in [0, 0.05) is 15.6 Å². The van der Waals surface area contributed by atoms with Gasteiger partial charge in [-0.2, -0.15) is 5.10 Å². The Hall–Kier alpha value is -1.39. The van der Waals surface area contributed by atoms with Crippen molar-refractivity contribution in [1.29, 1.82) is 0 Å². The van der Waals surface area contributed by atoms with Crippen LogP contribution in [0.3, 0.4) is 0 Å². The van der Waals surface area contributed by atoms with Gasteiger partial charge in [0.2, 0.25) is 0 Å². The second-order valence-electron chi connectivity index (χ2n) is 2.75. The minimum absolute atomic E-state index is 0.594. The third-order valence-electron chi connectivity index (χ3n) is 1.69. The van der Waals surface area contributed by atoms with Gasteiger partial charge in [0.25, 0.3) is 0 Å². The number of aromatic nitrogens is 3. The fourth-order valence-electron chi connectivity index (χ4n) is 0.997. The monoisotopic (exact) mass is 240 g/mol. The number of benzene rings is 1. The maximum atomic E-state index is 5.95. The van der Waals surface area contributed by atoms with Crippen molar-refractivity contribution < 1.29 is 0 Å². The Morgan fingerprint density at radius 3 is 2.67 bits per heavy atom. The largest absolute Gasteiger partial charge is 0.208 e. The minimum atomic E-state index is 0.594. The van der Waals surface area contributed by atoms with E-state index in [1.807, 2.05) is 0 Å². The Labute approximate surface area is 96.2 Å². The van der Waals surface area contributed by atoms with E-state index in [0.717, 1.165) is 5.56 Å². The summed E-state index contributed by atoms with van der Waals surface area (Å²) in [6.45, 7) is 0. The summed E-state index contributed by atoms with van der Waals surface area (Å²) >= 11 is 11.8. The summed E-state index contributed by atoms with van der Waals surface area (Å²) in [7, 11) is 0. The van der Waals surface area contributed by atoms with Crippen LogP contribution in [0.5, 0.6) is 0 Å². The maximum absolute atomic E-state index is 5.95. The first kappa shape index (κ1) is 10.1. The van der Waals surface area contributed by atoms with Crippen LogP contribution in [0.1, 0.15) is 5.56 Å². The third kappa shape index (κ3) is 2.55. The van der Waals surface area contributed by atoms with Crippen LogP contribution >= 0.6 is 23.2 Å². The molecule has 0 aliphatic heterocycles. The summed E-state index contributed by atoms with van der Waals surface area (Å²) in [6.07, 6.45) is 4.56. The molecule has 1 heterocycles. The molecule has 2 rings (SSSR count). The molecule has 2 aromatic rings. The van der Waals surface area contributed by atoms with Gasteiger partial charge in [-0.05, 0) is 18.2 Å². The SMILES string of the molecule is Clc1ccc(Cl)c(/C=N/n2cnnc2)c1. The van der Waals surface area contributed by atoms with E-state index >= 15 is 0 Å². The molecule has 1 aromatic heterocycles. The molecule has 4 nitrogen and oxygen atoms in total. The summed E-state index contributed by atoms with van der Waals surface area (Å²) in [5.41, 5.74) is 0.748. The number of rotatable bonds is 2. The standard InChI is InChI=1S/C9H6Cl2N4/c10-8-1-2-9(11)7(3-8)4-14-15-5-12-13-6-15/h1-6H/b14-4+. The first-order chi connectivity index (χ1) is 7.25. The molecule has 15 heavy (non-hydrogen) atoms. The first-order valence-corrected chi connectivity index (χ1v) is 4.85. The van der Waals surface area contributed by atoms with Crippen LogP contribution < -0.4 is 0 Å². The van der Waals surface area contributed by atoms with E-state index in [1.165, 1.54) is 17.3 Å². The van der Waals surface area contributed by atoms with Crippen LogP contribution in [0.15, 0.2) is 36.0 Å². The summed E-state index contributed by atoms with van der Waals surface area (Å²) in [4.78, 5) is 0. The first-order valence-electron chi connectivity index (χ1n) is 4.10. The Morgan fingerprint density at radius 1 is 1.20 bits per heavy atom. The van der Waals surface area contributed by atoms with Crippen LogP contribution in [0.4, 0.5) is 0 Å². The van der Waals surface area contributed by atoms with Gasteiger partial charge in [0.15, 0.2) is 0 Å². The molecule has 0 saturated carbocycles. The van der Waals surface area contributed by atoms with Crippen molar-refractivity contribution in [2.45, 2.75) is 0 Å². The summed E-state index contributed by atoms with van der Waals surface area (Å²) in [5.74, 6) is 0. The summed E-state index contributed by atoms with van der Waals surface area (Å²) < 4.78 is 1.47. The number of halogens is 2. The molecule has 0 bridgehead atoms. The molecule has 0 fully saturated rings. The number of hydrogen-bond acceptors (Lipinski definition) is 3. The topological polar surface area (TPSA) is 43.1 Å². The van der Waals surface area contributed by atoms with Gasteiger partial charge in [-0.1, -0.05) is 23.2 Å². The van der Waals surface area contributed by atoms with Crippen molar-refractivity contribution in [2.24, 2.45) is 5.10 Å². The molecular formula is C9H6Cl2N4. The molecule has 0 atom stereocenters. The molecule has 0 N–H and O–H groups in total. The summed E-state index contributed by atoms with van der Waals surface area (Å²) in [6, 6.07) is 5.18. The van der Waals surface area contributed by atoms with Crippen LogP contribution in [0, 0.1) is 0 Å². The van der Waals surface area contributed by atoms with Gasteiger partial charge in [0.05, 0.1) is 6.21 Å². The van der Waals surface area contributed by atoms with Gasteiger partial charge in [0.1, 0.15) is 12.7 Å². The van der Waals surface area contributed by atoms with Crippen molar-refractivity contribution in [1.82, 2.24) is 14.9 Å². The Bertz CT molecular complexity index is 479. The lowest BCUT2D eigenvalue weighted by molar-refractivity contribution is 0.878. The third-order valence-corrected chi connectivity index (χ3v) is 2.27. The molecule has 0 aliphatic carbocycles. The molecule has 0 aliphatic rings. The molecule has 0 saturated heterocycles. The van der Waals surface area contributed by atoms with Crippen molar-refractivity contribution in [3.8, 4) is 0 Å². The lowest BCUT2D eigenvalue weighted by Crippen LogP contribution is -1.88. The van der Waals surface area contributed by atoms with Gasteiger partial charge >= 0.3 is 0 Å².